The van der Waals surface area contributed by atoms with Crippen molar-refractivity contribution >= 4 is 5.52 Å². The summed E-state index contributed by atoms with van der Waals surface area (Å²) >= 11 is 0. The molecule has 0 bridgehead atoms. The van der Waals surface area contributed by atoms with Crippen LogP contribution in [-0.2, 0) is 5.41 Å². The van der Waals surface area contributed by atoms with Crippen LogP contribution in [0.1, 0.15) is 26.3 Å². The van der Waals surface area contributed by atoms with Gasteiger partial charge in [-0.05, 0) is 5.41 Å². The summed E-state index contributed by atoms with van der Waals surface area (Å²) in [6.07, 6.45) is 7.34. The highest BCUT2D eigenvalue weighted by atomic mass is 15.0. The summed E-state index contributed by atoms with van der Waals surface area (Å²) in [6, 6.07) is 0. The van der Waals surface area contributed by atoms with E-state index < -0.39 is 0 Å². The van der Waals surface area contributed by atoms with E-state index in [1.165, 1.54) is 5.56 Å². The summed E-state index contributed by atoms with van der Waals surface area (Å²) in [5.74, 6) is 0. The Labute approximate surface area is 77.4 Å². The molecule has 68 valence electrons. The van der Waals surface area contributed by atoms with E-state index in [1.54, 1.807) is 12.7 Å². The third-order valence-corrected chi connectivity index (χ3v) is 2.14. The average Bonchev–Trinajstić information content (AvgIpc) is 2.48. The lowest BCUT2D eigenvalue weighted by Crippen LogP contribution is -2.12. The van der Waals surface area contributed by atoms with Crippen LogP contribution in [0.4, 0.5) is 0 Å². The van der Waals surface area contributed by atoms with Gasteiger partial charge in [-0.1, -0.05) is 20.8 Å². The van der Waals surface area contributed by atoms with Gasteiger partial charge in [0.05, 0.1) is 11.7 Å². The predicted octanol–water partition coefficient (Wildman–Crippen LogP) is 2.03. The molecule has 0 aliphatic rings. The standard InChI is InChI=1S/C10H13N3/c1-10(2,3)8-4-11-6-13-7-12-5-9(8)13/h4-7H,1-3H3. The second-order valence-electron chi connectivity index (χ2n) is 4.24. The Morgan fingerprint density at radius 2 is 1.69 bits per heavy atom. The highest BCUT2D eigenvalue weighted by molar-refractivity contribution is 5.54. The van der Waals surface area contributed by atoms with Crippen molar-refractivity contribution < 1.29 is 0 Å². The fourth-order valence-electron chi connectivity index (χ4n) is 1.43. The predicted molar refractivity (Wildman–Crippen MR) is 51.7 cm³/mol. The molecule has 0 radical (unpaired) electrons. The van der Waals surface area contributed by atoms with Crippen LogP contribution in [0.25, 0.3) is 5.52 Å². The van der Waals surface area contributed by atoms with E-state index in [0.717, 1.165) is 5.52 Å². The fourth-order valence-corrected chi connectivity index (χ4v) is 1.43. The van der Waals surface area contributed by atoms with Gasteiger partial charge in [0.15, 0.2) is 0 Å². The van der Waals surface area contributed by atoms with Crippen molar-refractivity contribution in [1.82, 2.24) is 14.4 Å². The molecule has 0 spiro atoms. The van der Waals surface area contributed by atoms with Crippen LogP contribution in [-0.4, -0.2) is 14.4 Å². The molecular formula is C10H13N3. The van der Waals surface area contributed by atoms with E-state index in [1.807, 2.05) is 16.8 Å². The Morgan fingerprint density at radius 1 is 1.08 bits per heavy atom. The Hall–Kier alpha value is -1.38. The molecular weight excluding hydrogens is 162 g/mol. The number of nitrogens with zero attached hydrogens (tertiary/aromatic N) is 3. The quantitative estimate of drug-likeness (QED) is 0.613. The van der Waals surface area contributed by atoms with E-state index in [2.05, 4.69) is 30.7 Å². The monoisotopic (exact) mass is 175 g/mol. The molecule has 2 rings (SSSR count). The fraction of sp³-hybridized carbons (Fsp3) is 0.400. The molecule has 0 saturated carbocycles. The van der Waals surface area contributed by atoms with Gasteiger partial charge >= 0.3 is 0 Å². The minimum absolute atomic E-state index is 0.121. The van der Waals surface area contributed by atoms with Gasteiger partial charge in [0.2, 0.25) is 0 Å². The molecule has 0 unspecified atom stereocenters. The maximum Gasteiger partial charge on any atom is 0.100 e. The van der Waals surface area contributed by atoms with Gasteiger partial charge in [0, 0.05) is 11.8 Å². The normalized spacial score (nSPS) is 12.2. The Bertz CT molecular complexity index is 423. The van der Waals surface area contributed by atoms with Gasteiger partial charge in [-0.3, -0.25) is 4.40 Å². The van der Waals surface area contributed by atoms with E-state index in [-0.39, 0.29) is 5.41 Å². The summed E-state index contributed by atoms with van der Waals surface area (Å²) in [5.41, 5.74) is 2.49. The average molecular weight is 175 g/mol. The first-order valence-corrected chi connectivity index (χ1v) is 4.35. The molecule has 0 aromatic carbocycles. The molecule has 0 atom stereocenters. The smallest absolute Gasteiger partial charge is 0.100 e. The lowest BCUT2D eigenvalue weighted by Gasteiger charge is -2.19. The Morgan fingerprint density at radius 3 is 2.31 bits per heavy atom. The van der Waals surface area contributed by atoms with Crippen molar-refractivity contribution in [3.8, 4) is 0 Å². The molecule has 0 saturated heterocycles. The van der Waals surface area contributed by atoms with Crippen LogP contribution in [0, 0.1) is 0 Å². The van der Waals surface area contributed by atoms with Gasteiger partial charge in [-0.25, -0.2) is 9.97 Å². The maximum atomic E-state index is 4.17. The SMILES string of the molecule is CC(C)(C)c1cncn2cncc12. The van der Waals surface area contributed by atoms with Crippen molar-refractivity contribution in [2.45, 2.75) is 26.2 Å². The van der Waals surface area contributed by atoms with Crippen LogP contribution in [0.3, 0.4) is 0 Å². The van der Waals surface area contributed by atoms with Gasteiger partial charge < -0.3 is 0 Å². The van der Waals surface area contributed by atoms with Gasteiger partial charge in [-0.2, -0.15) is 0 Å². The highest BCUT2D eigenvalue weighted by Crippen LogP contribution is 2.24. The molecule has 3 heteroatoms. The summed E-state index contributed by atoms with van der Waals surface area (Å²) < 4.78 is 1.95. The summed E-state index contributed by atoms with van der Waals surface area (Å²) in [6.45, 7) is 6.53. The van der Waals surface area contributed by atoms with E-state index in [0.29, 0.717) is 0 Å². The zero-order chi connectivity index (χ0) is 9.47. The molecule has 0 aliphatic heterocycles. The largest absolute Gasteiger partial charge is 0.289 e. The number of imidazole rings is 1. The summed E-state index contributed by atoms with van der Waals surface area (Å²) in [5, 5.41) is 0. The second kappa shape index (κ2) is 2.55. The van der Waals surface area contributed by atoms with Crippen LogP contribution in [0.15, 0.2) is 25.0 Å². The molecule has 3 nitrogen and oxygen atoms in total. The Balaban J connectivity index is 2.75. The number of fused-ring (bicyclic) bond motifs is 1. The number of hydrogen-bond donors (Lipinski definition) is 0. The first kappa shape index (κ1) is 8.23. The van der Waals surface area contributed by atoms with Crippen LogP contribution >= 0.6 is 0 Å². The third kappa shape index (κ3) is 1.30. The van der Waals surface area contributed by atoms with Gasteiger partial charge in [0.25, 0.3) is 0 Å². The van der Waals surface area contributed by atoms with Crippen LogP contribution in [0.2, 0.25) is 0 Å². The maximum absolute atomic E-state index is 4.17. The minimum Gasteiger partial charge on any atom is -0.289 e. The zero-order valence-electron chi connectivity index (χ0n) is 8.15. The molecule has 2 heterocycles. The summed E-state index contributed by atoms with van der Waals surface area (Å²) in [7, 11) is 0. The third-order valence-electron chi connectivity index (χ3n) is 2.14. The van der Waals surface area contributed by atoms with E-state index in [9.17, 15) is 0 Å². The minimum atomic E-state index is 0.121. The van der Waals surface area contributed by atoms with Crippen molar-refractivity contribution in [2.24, 2.45) is 0 Å². The molecule has 0 N–H and O–H groups in total. The van der Waals surface area contributed by atoms with Crippen molar-refractivity contribution in [3.63, 3.8) is 0 Å². The second-order valence-corrected chi connectivity index (χ2v) is 4.24. The first-order valence-electron chi connectivity index (χ1n) is 4.35. The molecule has 0 aliphatic carbocycles. The van der Waals surface area contributed by atoms with E-state index in [4.69, 9.17) is 0 Å². The van der Waals surface area contributed by atoms with Crippen LogP contribution in [0.5, 0.6) is 0 Å². The number of rotatable bonds is 0. The molecule has 13 heavy (non-hydrogen) atoms. The molecule has 2 aromatic heterocycles. The lowest BCUT2D eigenvalue weighted by molar-refractivity contribution is 0.589. The van der Waals surface area contributed by atoms with Gasteiger partial charge in [0.1, 0.15) is 12.7 Å². The zero-order valence-corrected chi connectivity index (χ0v) is 8.15. The topological polar surface area (TPSA) is 30.2 Å². The van der Waals surface area contributed by atoms with E-state index >= 15 is 0 Å². The summed E-state index contributed by atoms with van der Waals surface area (Å²) in [4.78, 5) is 8.27. The first-order chi connectivity index (χ1) is 6.09. The van der Waals surface area contributed by atoms with Crippen molar-refractivity contribution in [3.05, 3.63) is 30.6 Å². The number of aromatic nitrogens is 3. The molecule has 2 aromatic rings. The van der Waals surface area contributed by atoms with Crippen molar-refractivity contribution in [2.75, 3.05) is 0 Å². The van der Waals surface area contributed by atoms with Crippen LogP contribution < -0.4 is 0 Å². The number of hydrogen-bond acceptors (Lipinski definition) is 2. The molecule has 0 amide bonds. The lowest BCUT2D eigenvalue weighted by atomic mass is 9.88. The molecule has 0 fully saturated rings. The Kier molecular flexibility index (Phi) is 1.62. The highest BCUT2D eigenvalue weighted by Gasteiger charge is 2.17. The van der Waals surface area contributed by atoms with Crippen molar-refractivity contribution in [1.29, 1.82) is 0 Å². The van der Waals surface area contributed by atoms with Gasteiger partial charge in [-0.15, -0.1) is 0 Å².